The summed E-state index contributed by atoms with van der Waals surface area (Å²) in [4.78, 5) is 18.6. The van der Waals surface area contributed by atoms with E-state index >= 15 is 0 Å². The number of nitrogens with zero attached hydrogens (tertiary/aromatic N) is 3. The van der Waals surface area contributed by atoms with E-state index in [1.807, 2.05) is 72.3 Å². The fraction of sp³-hybridized carbons (Fsp3) is 0.303. The van der Waals surface area contributed by atoms with Crippen LogP contribution in [0.25, 0.3) is 0 Å². The van der Waals surface area contributed by atoms with Crippen LogP contribution in [0, 0.1) is 5.41 Å². The maximum Gasteiger partial charge on any atom is 0.227 e. The molecule has 11 heteroatoms. The maximum absolute atomic E-state index is 13.8. The number of ketones is 1. The van der Waals surface area contributed by atoms with E-state index in [2.05, 4.69) is 35.1 Å². The van der Waals surface area contributed by atoms with E-state index in [0.29, 0.717) is 68.1 Å². The molecule has 1 N–H and O–H groups in total. The molecule has 44 heavy (non-hydrogen) atoms. The summed E-state index contributed by atoms with van der Waals surface area (Å²) in [5.41, 5.74) is 4.24. The Balaban J connectivity index is 1.38. The first kappa shape index (κ1) is 31.0. The molecular formula is C33H31BrCl2N4O3S. The lowest BCUT2D eigenvalue weighted by Gasteiger charge is -2.38. The molecule has 0 fully saturated rings. The molecule has 1 unspecified atom stereocenters. The number of hydrogen-bond donors (Lipinski definition) is 1. The summed E-state index contributed by atoms with van der Waals surface area (Å²) in [5, 5.41) is 10.3. The van der Waals surface area contributed by atoms with Crippen LogP contribution in [0.5, 0.6) is 11.5 Å². The van der Waals surface area contributed by atoms with Gasteiger partial charge in [-0.1, -0.05) is 79.1 Å². The molecule has 228 valence electrons. The van der Waals surface area contributed by atoms with Crippen LogP contribution < -0.4 is 14.8 Å². The molecule has 7 nitrogen and oxygen atoms in total. The highest BCUT2D eigenvalue weighted by Crippen LogP contribution is 2.48. The van der Waals surface area contributed by atoms with Crippen LogP contribution in [0.15, 0.2) is 81.6 Å². The number of fused-ring (bicyclic) bond motifs is 1. The zero-order valence-corrected chi connectivity index (χ0v) is 28.4. The Bertz CT molecular complexity index is 1760. The third-order valence-corrected chi connectivity index (χ3v) is 9.67. The summed E-state index contributed by atoms with van der Waals surface area (Å²) in [7, 11) is 0. The van der Waals surface area contributed by atoms with Crippen LogP contribution in [0.1, 0.15) is 56.3 Å². The summed E-state index contributed by atoms with van der Waals surface area (Å²) in [6.07, 6.45) is 1.17. The van der Waals surface area contributed by atoms with Crippen LogP contribution >= 0.6 is 50.9 Å². The minimum Gasteiger partial charge on any atom is -0.490 e. The lowest BCUT2D eigenvalue weighted by Crippen LogP contribution is -2.36. The van der Waals surface area contributed by atoms with E-state index < -0.39 is 6.04 Å². The van der Waals surface area contributed by atoms with Crippen LogP contribution in [-0.4, -0.2) is 27.2 Å². The van der Waals surface area contributed by atoms with Crippen LogP contribution in [0.2, 0.25) is 10.0 Å². The van der Waals surface area contributed by atoms with Crippen molar-refractivity contribution < 1.29 is 14.3 Å². The number of allylic oxidation sites excluding steroid dienone is 2. The summed E-state index contributed by atoms with van der Waals surface area (Å²) in [5.74, 6) is 2.46. The standard InChI is InChI=1S/C33H31BrCl2N4O3S/c1-4-42-27-14-21(13-23(34)30(27)43-17-19-9-11-22(35)12-10-19)29-28-25(15-33(2,3)16-26(28)41)37-31-38-32(39-40(29)31)44-18-20-7-5-6-8-24(20)36/h5-14,29H,4,15-18H2,1-3H3,(H,37,38,39). The van der Waals surface area contributed by atoms with Gasteiger partial charge in [0.2, 0.25) is 11.1 Å². The van der Waals surface area contributed by atoms with E-state index in [-0.39, 0.29) is 11.2 Å². The zero-order valence-electron chi connectivity index (χ0n) is 24.5. The number of Topliss-reactive ketones (excluding diaryl/α,β-unsaturated/α-hetero) is 1. The van der Waals surface area contributed by atoms with Gasteiger partial charge < -0.3 is 14.8 Å². The summed E-state index contributed by atoms with van der Waals surface area (Å²) in [6.45, 7) is 6.94. The van der Waals surface area contributed by atoms with Crippen molar-refractivity contribution in [1.82, 2.24) is 14.8 Å². The largest absolute Gasteiger partial charge is 0.490 e. The number of nitrogens with one attached hydrogen (secondary N) is 1. The summed E-state index contributed by atoms with van der Waals surface area (Å²) in [6, 6.07) is 18.7. The number of carbonyl (C=O) groups is 1. The predicted octanol–water partition coefficient (Wildman–Crippen LogP) is 9.28. The second kappa shape index (κ2) is 12.8. The smallest absolute Gasteiger partial charge is 0.227 e. The number of thioether (sulfide) groups is 1. The maximum atomic E-state index is 13.8. The number of hydrogen-bond acceptors (Lipinski definition) is 7. The SMILES string of the molecule is CCOc1cc(C2C3=C(CC(C)(C)CC3=O)Nc3nc(SCc4ccccc4Cl)nn32)cc(Br)c1OCc1ccc(Cl)cc1. The van der Waals surface area contributed by atoms with E-state index in [1.54, 1.807) is 0 Å². The Kier molecular flexibility index (Phi) is 9.02. The highest BCUT2D eigenvalue weighted by Gasteiger charge is 2.42. The fourth-order valence-corrected chi connectivity index (χ4v) is 7.42. The molecule has 1 aromatic heterocycles. The number of halogens is 3. The van der Waals surface area contributed by atoms with Gasteiger partial charge in [-0.05, 0) is 81.7 Å². The topological polar surface area (TPSA) is 78.3 Å². The molecule has 6 rings (SSSR count). The van der Waals surface area contributed by atoms with Crippen molar-refractivity contribution in [3.05, 3.63) is 103 Å². The Morgan fingerprint density at radius 1 is 1.09 bits per heavy atom. The van der Waals surface area contributed by atoms with Gasteiger partial charge in [-0.15, -0.1) is 5.10 Å². The average molecular weight is 715 g/mol. The molecule has 2 heterocycles. The first-order valence-corrected chi connectivity index (χ1v) is 16.8. The van der Waals surface area contributed by atoms with E-state index in [9.17, 15) is 4.79 Å². The number of rotatable bonds is 9. The van der Waals surface area contributed by atoms with Gasteiger partial charge in [-0.3, -0.25) is 4.79 Å². The van der Waals surface area contributed by atoms with Crippen molar-refractivity contribution in [2.75, 3.05) is 11.9 Å². The molecule has 0 bridgehead atoms. The Labute approximate surface area is 279 Å². The number of ether oxygens (including phenoxy) is 2. The molecule has 0 spiro atoms. The predicted molar refractivity (Wildman–Crippen MR) is 179 cm³/mol. The van der Waals surface area contributed by atoms with Gasteiger partial charge in [-0.2, -0.15) is 4.98 Å². The third-order valence-electron chi connectivity index (χ3n) is 7.57. The Morgan fingerprint density at radius 3 is 2.61 bits per heavy atom. The number of aromatic nitrogens is 3. The van der Waals surface area contributed by atoms with Gasteiger partial charge in [0, 0.05) is 33.5 Å². The van der Waals surface area contributed by atoms with Crippen molar-refractivity contribution in [2.24, 2.45) is 5.41 Å². The quantitative estimate of drug-likeness (QED) is 0.173. The summed E-state index contributed by atoms with van der Waals surface area (Å²) >= 11 is 17.7. The molecule has 0 amide bonds. The molecule has 0 radical (unpaired) electrons. The Morgan fingerprint density at radius 2 is 1.86 bits per heavy atom. The van der Waals surface area contributed by atoms with E-state index in [4.69, 9.17) is 42.8 Å². The van der Waals surface area contributed by atoms with Gasteiger partial charge in [0.25, 0.3) is 0 Å². The van der Waals surface area contributed by atoms with E-state index in [1.165, 1.54) is 11.8 Å². The molecule has 0 saturated carbocycles. The average Bonchev–Trinajstić information content (AvgIpc) is 3.38. The molecule has 1 atom stereocenters. The molecule has 3 aromatic carbocycles. The highest BCUT2D eigenvalue weighted by molar-refractivity contribution is 9.10. The molecule has 0 saturated heterocycles. The van der Waals surface area contributed by atoms with Crippen LogP contribution in [0.3, 0.4) is 0 Å². The Hall–Kier alpha value is -2.98. The number of carbonyl (C=O) groups excluding carboxylic acids is 1. The van der Waals surface area contributed by atoms with Gasteiger partial charge in [0.05, 0.1) is 11.1 Å². The summed E-state index contributed by atoms with van der Waals surface area (Å²) < 4.78 is 14.9. The lowest BCUT2D eigenvalue weighted by atomic mass is 9.73. The minimum atomic E-state index is -0.493. The molecule has 4 aromatic rings. The van der Waals surface area contributed by atoms with Crippen molar-refractivity contribution in [2.45, 2.75) is 57.2 Å². The third kappa shape index (κ3) is 6.52. The monoisotopic (exact) mass is 712 g/mol. The van der Waals surface area contributed by atoms with Crippen LogP contribution in [0.4, 0.5) is 5.95 Å². The van der Waals surface area contributed by atoms with E-state index in [0.717, 1.165) is 28.8 Å². The zero-order chi connectivity index (χ0) is 31.0. The second-order valence-electron chi connectivity index (χ2n) is 11.6. The number of anilines is 1. The normalized spacial score (nSPS) is 17.1. The van der Waals surface area contributed by atoms with Crippen LogP contribution in [-0.2, 0) is 17.2 Å². The number of benzene rings is 3. The first-order chi connectivity index (χ1) is 21.1. The first-order valence-electron chi connectivity index (χ1n) is 14.3. The molecule has 2 aliphatic rings. The highest BCUT2D eigenvalue weighted by atomic mass is 79.9. The van der Waals surface area contributed by atoms with Crippen molar-refractivity contribution in [1.29, 1.82) is 0 Å². The van der Waals surface area contributed by atoms with Gasteiger partial charge in [-0.25, -0.2) is 4.68 Å². The molecule has 1 aliphatic carbocycles. The molecular weight excluding hydrogens is 683 g/mol. The van der Waals surface area contributed by atoms with Crippen molar-refractivity contribution >= 4 is 62.6 Å². The van der Waals surface area contributed by atoms with Gasteiger partial charge in [0.15, 0.2) is 17.3 Å². The minimum absolute atomic E-state index is 0.0947. The van der Waals surface area contributed by atoms with Gasteiger partial charge in [0.1, 0.15) is 12.6 Å². The van der Waals surface area contributed by atoms with Gasteiger partial charge >= 0.3 is 0 Å². The lowest BCUT2D eigenvalue weighted by molar-refractivity contribution is -0.118. The second-order valence-corrected chi connectivity index (χ2v) is 14.2. The fourth-order valence-electron chi connectivity index (χ4n) is 5.60. The van der Waals surface area contributed by atoms with Crippen molar-refractivity contribution in [3.63, 3.8) is 0 Å². The van der Waals surface area contributed by atoms with Crippen molar-refractivity contribution in [3.8, 4) is 11.5 Å². The molecule has 1 aliphatic heterocycles.